The summed E-state index contributed by atoms with van der Waals surface area (Å²) in [5.41, 5.74) is 0.865. The molecule has 3 heteroatoms. The Labute approximate surface area is 65.3 Å². The largest absolute Gasteiger partial charge is 0.256 e. The molecular weight excluding hydrogens is 148 g/mol. The van der Waals surface area contributed by atoms with Gasteiger partial charge in [-0.2, -0.15) is 0 Å². The SMILES string of the molecule is CC(C)c1nccnc1Cl. The van der Waals surface area contributed by atoms with Crippen molar-refractivity contribution in [3.05, 3.63) is 23.2 Å². The second-order valence-corrected chi connectivity index (χ2v) is 2.75. The molecule has 0 fully saturated rings. The van der Waals surface area contributed by atoms with Crippen molar-refractivity contribution in [2.24, 2.45) is 0 Å². The van der Waals surface area contributed by atoms with Crippen molar-refractivity contribution in [1.82, 2.24) is 9.97 Å². The lowest BCUT2D eigenvalue weighted by Crippen LogP contribution is -1.94. The number of hydrogen-bond donors (Lipinski definition) is 0. The van der Waals surface area contributed by atoms with Gasteiger partial charge in [0, 0.05) is 12.4 Å². The van der Waals surface area contributed by atoms with Gasteiger partial charge in [-0.3, -0.25) is 4.98 Å². The van der Waals surface area contributed by atoms with Crippen LogP contribution in [-0.2, 0) is 0 Å². The van der Waals surface area contributed by atoms with E-state index in [4.69, 9.17) is 11.6 Å². The monoisotopic (exact) mass is 156 g/mol. The summed E-state index contributed by atoms with van der Waals surface area (Å²) in [6, 6.07) is 0. The van der Waals surface area contributed by atoms with E-state index in [-0.39, 0.29) is 0 Å². The van der Waals surface area contributed by atoms with Crippen LogP contribution in [0.4, 0.5) is 0 Å². The Balaban J connectivity index is 3.03. The van der Waals surface area contributed by atoms with Crippen LogP contribution in [0.5, 0.6) is 0 Å². The predicted molar refractivity (Wildman–Crippen MR) is 41.1 cm³/mol. The fourth-order valence-electron chi connectivity index (χ4n) is 0.719. The van der Waals surface area contributed by atoms with Gasteiger partial charge in [-0.05, 0) is 5.92 Å². The van der Waals surface area contributed by atoms with E-state index in [1.807, 2.05) is 13.8 Å². The summed E-state index contributed by atoms with van der Waals surface area (Å²) in [6.45, 7) is 4.08. The molecule has 54 valence electrons. The molecule has 0 amide bonds. The second kappa shape index (κ2) is 2.97. The van der Waals surface area contributed by atoms with Gasteiger partial charge in [0.2, 0.25) is 0 Å². The van der Waals surface area contributed by atoms with Crippen LogP contribution in [0.2, 0.25) is 5.15 Å². The van der Waals surface area contributed by atoms with Gasteiger partial charge < -0.3 is 0 Å². The highest BCUT2D eigenvalue weighted by Crippen LogP contribution is 2.17. The van der Waals surface area contributed by atoms with Crippen molar-refractivity contribution < 1.29 is 0 Å². The minimum atomic E-state index is 0.348. The van der Waals surface area contributed by atoms with Gasteiger partial charge >= 0.3 is 0 Å². The van der Waals surface area contributed by atoms with Crippen molar-refractivity contribution in [1.29, 1.82) is 0 Å². The molecule has 0 N–H and O–H groups in total. The van der Waals surface area contributed by atoms with E-state index in [9.17, 15) is 0 Å². The van der Waals surface area contributed by atoms with Gasteiger partial charge in [-0.25, -0.2) is 4.98 Å². The number of rotatable bonds is 1. The molecule has 0 aromatic carbocycles. The van der Waals surface area contributed by atoms with Crippen molar-refractivity contribution >= 4 is 11.6 Å². The molecule has 0 aliphatic heterocycles. The van der Waals surface area contributed by atoms with E-state index >= 15 is 0 Å². The summed E-state index contributed by atoms with van der Waals surface area (Å²) < 4.78 is 0. The van der Waals surface area contributed by atoms with Crippen LogP contribution in [0.3, 0.4) is 0 Å². The van der Waals surface area contributed by atoms with Crippen LogP contribution in [0.25, 0.3) is 0 Å². The minimum Gasteiger partial charge on any atom is -0.256 e. The molecule has 0 bridgehead atoms. The minimum absolute atomic E-state index is 0.348. The number of hydrogen-bond acceptors (Lipinski definition) is 2. The molecule has 0 saturated heterocycles. The molecule has 1 aromatic heterocycles. The Hall–Kier alpha value is -0.630. The highest BCUT2D eigenvalue weighted by Gasteiger charge is 2.04. The van der Waals surface area contributed by atoms with Crippen LogP contribution in [-0.4, -0.2) is 9.97 Å². The first-order valence-electron chi connectivity index (χ1n) is 3.18. The first-order chi connectivity index (χ1) is 4.72. The Morgan fingerprint density at radius 2 is 1.90 bits per heavy atom. The van der Waals surface area contributed by atoms with Crippen molar-refractivity contribution in [3.63, 3.8) is 0 Å². The van der Waals surface area contributed by atoms with Crippen LogP contribution in [0.1, 0.15) is 25.5 Å². The average Bonchev–Trinajstić information content (AvgIpc) is 1.88. The zero-order chi connectivity index (χ0) is 7.56. The lowest BCUT2D eigenvalue weighted by Gasteiger charge is -2.03. The fourth-order valence-corrected chi connectivity index (χ4v) is 1.04. The molecule has 0 unspecified atom stereocenters. The van der Waals surface area contributed by atoms with E-state index in [0.717, 1.165) is 5.69 Å². The summed E-state index contributed by atoms with van der Waals surface area (Å²) in [5.74, 6) is 0.348. The standard InChI is InChI=1S/C7H9ClN2/c1-5(2)6-7(8)10-4-3-9-6/h3-5H,1-2H3. The molecule has 0 radical (unpaired) electrons. The second-order valence-electron chi connectivity index (χ2n) is 2.39. The Kier molecular flexibility index (Phi) is 2.22. The van der Waals surface area contributed by atoms with Gasteiger partial charge in [-0.1, -0.05) is 25.4 Å². The molecular formula is C7H9ClN2. The third-order valence-corrected chi connectivity index (χ3v) is 1.52. The molecule has 2 nitrogen and oxygen atoms in total. The van der Waals surface area contributed by atoms with Crippen molar-refractivity contribution in [2.75, 3.05) is 0 Å². The maximum atomic E-state index is 5.75. The molecule has 0 atom stereocenters. The van der Waals surface area contributed by atoms with Crippen LogP contribution >= 0.6 is 11.6 Å². The highest BCUT2D eigenvalue weighted by atomic mass is 35.5. The number of nitrogens with zero attached hydrogens (tertiary/aromatic N) is 2. The van der Waals surface area contributed by atoms with Crippen LogP contribution in [0, 0.1) is 0 Å². The normalized spacial score (nSPS) is 10.4. The number of halogens is 1. The van der Waals surface area contributed by atoms with E-state index < -0.39 is 0 Å². The topological polar surface area (TPSA) is 25.8 Å². The molecule has 0 saturated carbocycles. The van der Waals surface area contributed by atoms with E-state index in [0.29, 0.717) is 11.1 Å². The van der Waals surface area contributed by atoms with Gasteiger partial charge in [0.25, 0.3) is 0 Å². The molecule has 0 aliphatic rings. The molecule has 0 spiro atoms. The first-order valence-corrected chi connectivity index (χ1v) is 3.56. The third kappa shape index (κ3) is 1.45. The molecule has 10 heavy (non-hydrogen) atoms. The summed E-state index contributed by atoms with van der Waals surface area (Å²) >= 11 is 5.75. The Morgan fingerprint density at radius 1 is 1.30 bits per heavy atom. The molecule has 1 heterocycles. The molecule has 1 aromatic rings. The quantitative estimate of drug-likeness (QED) is 0.624. The van der Waals surface area contributed by atoms with Gasteiger partial charge in [0.15, 0.2) is 5.15 Å². The number of aromatic nitrogens is 2. The smallest absolute Gasteiger partial charge is 0.150 e. The van der Waals surface area contributed by atoms with Gasteiger partial charge in [0.05, 0.1) is 5.69 Å². The molecule has 1 rings (SSSR count). The summed E-state index contributed by atoms with van der Waals surface area (Å²) in [5, 5.41) is 0.512. The zero-order valence-corrected chi connectivity index (χ0v) is 6.76. The van der Waals surface area contributed by atoms with Gasteiger partial charge in [-0.15, -0.1) is 0 Å². The third-order valence-electron chi connectivity index (χ3n) is 1.23. The highest BCUT2D eigenvalue weighted by molar-refractivity contribution is 6.30. The molecule has 0 aliphatic carbocycles. The fraction of sp³-hybridized carbons (Fsp3) is 0.429. The predicted octanol–water partition coefficient (Wildman–Crippen LogP) is 2.25. The maximum absolute atomic E-state index is 5.75. The Morgan fingerprint density at radius 3 is 2.30 bits per heavy atom. The summed E-state index contributed by atoms with van der Waals surface area (Å²) in [6.07, 6.45) is 3.25. The Bertz CT molecular complexity index is 223. The summed E-state index contributed by atoms with van der Waals surface area (Å²) in [7, 11) is 0. The van der Waals surface area contributed by atoms with Crippen molar-refractivity contribution in [3.8, 4) is 0 Å². The van der Waals surface area contributed by atoms with E-state index in [1.165, 1.54) is 0 Å². The van der Waals surface area contributed by atoms with E-state index in [2.05, 4.69) is 9.97 Å². The lowest BCUT2D eigenvalue weighted by atomic mass is 10.1. The lowest BCUT2D eigenvalue weighted by molar-refractivity contribution is 0.812. The van der Waals surface area contributed by atoms with Crippen molar-refractivity contribution in [2.45, 2.75) is 19.8 Å². The maximum Gasteiger partial charge on any atom is 0.150 e. The first kappa shape index (κ1) is 7.48. The average molecular weight is 157 g/mol. The van der Waals surface area contributed by atoms with Gasteiger partial charge in [0.1, 0.15) is 0 Å². The van der Waals surface area contributed by atoms with E-state index in [1.54, 1.807) is 12.4 Å². The summed E-state index contributed by atoms with van der Waals surface area (Å²) in [4.78, 5) is 7.99. The van der Waals surface area contributed by atoms with Crippen LogP contribution < -0.4 is 0 Å². The van der Waals surface area contributed by atoms with Crippen LogP contribution in [0.15, 0.2) is 12.4 Å². The zero-order valence-electron chi connectivity index (χ0n) is 6.00.